The molecular weight excluding hydrogens is 326 g/mol. The number of aryl methyl sites for hydroxylation is 1. The van der Waals surface area contributed by atoms with Gasteiger partial charge in [-0.2, -0.15) is 0 Å². The number of para-hydroxylation sites is 2. The summed E-state index contributed by atoms with van der Waals surface area (Å²) in [5.41, 5.74) is 1.79. The topological polar surface area (TPSA) is 42.7 Å². The zero-order valence-electron chi connectivity index (χ0n) is 13.2. The SMILES string of the molecule is Cc1cccc2cc(C(=O)N3CC(Oc4ccccc4Cl)C3)oc12. The number of likely N-dealkylation sites (tertiary alicyclic amines) is 1. The van der Waals surface area contributed by atoms with Crippen molar-refractivity contribution < 1.29 is 13.9 Å². The molecule has 0 saturated carbocycles. The van der Waals surface area contributed by atoms with Gasteiger partial charge in [0.2, 0.25) is 0 Å². The molecule has 0 radical (unpaired) electrons. The van der Waals surface area contributed by atoms with Gasteiger partial charge in [-0.25, -0.2) is 0 Å². The molecule has 0 bridgehead atoms. The largest absolute Gasteiger partial charge is 0.485 e. The molecule has 0 aliphatic carbocycles. The number of amides is 1. The minimum atomic E-state index is -0.107. The van der Waals surface area contributed by atoms with E-state index in [0.29, 0.717) is 29.6 Å². The van der Waals surface area contributed by atoms with E-state index >= 15 is 0 Å². The average Bonchev–Trinajstić information content (AvgIpc) is 2.97. The van der Waals surface area contributed by atoms with Crippen molar-refractivity contribution in [3.63, 3.8) is 0 Å². The third-order valence-electron chi connectivity index (χ3n) is 4.22. The molecule has 1 amide bonds. The normalized spacial score (nSPS) is 14.7. The number of rotatable bonds is 3. The molecule has 2 heterocycles. The van der Waals surface area contributed by atoms with Crippen molar-refractivity contribution in [2.75, 3.05) is 13.1 Å². The summed E-state index contributed by atoms with van der Waals surface area (Å²) in [5.74, 6) is 0.913. The van der Waals surface area contributed by atoms with Crippen LogP contribution < -0.4 is 4.74 Å². The Labute approximate surface area is 144 Å². The summed E-state index contributed by atoms with van der Waals surface area (Å²) in [5, 5.41) is 1.53. The van der Waals surface area contributed by atoms with E-state index in [0.717, 1.165) is 16.5 Å². The fourth-order valence-electron chi connectivity index (χ4n) is 2.87. The number of ether oxygens (including phenoxy) is 1. The molecule has 2 aromatic carbocycles. The summed E-state index contributed by atoms with van der Waals surface area (Å²) in [4.78, 5) is 14.2. The van der Waals surface area contributed by atoms with Crippen LogP contribution in [0.3, 0.4) is 0 Å². The summed E-state index contributed by atoms with van der Waals surface area (Å²) in [6.07, 6.45) is -0.0417. The lowest BCUT2D eigenvalue weighted by Gasteiger charge is -2.38. The summed E-state index contributed by atoms with van der Waals surface area (Å²) < 4.78 is 11.6. The lowest BCUT2D eigenvalue weighted by molar-refractivity contribution is 0.0157. The third kappa shape index (κ3) is 2.63. The van der Waals surface area contributed by atoms with E-state index in [1.54, 1.807) is 17.0 Å². The van der Waals surface area contributed by atoms with Crippen molar-refractivity contribution in [1.82, 2.24) is 4.90 Å². The second-order valence-corrected chi connectivity index (χ2v) is 6.39. The number of nitrogens with zero attached hydrogens (tertiary/aromatic N) is 1. The first-order chi connectivity index (χ1) is 11.6. The Morgan fingerprint density at radius 2 is 2.00 bits per heavy atom. The van der Waals surface area contributed by atoms with Crippen LogP contribution in [0.25, 0.3) is 11.0 Å². The summed E-state index contributed by atoms with van der Waals surface area (Å²) in [6.45, 7) is 3.03. The van der Waals surface area contributed by atoms with E-state index in [1.165, 1.54) is 0 Å². The van der Waals surface area contributed by atoms with Crippen LogP contribution in [0.4, 0.5) is 0 Å². The molecule has 0 N–H and O–H groups in total. The highest BCUT2D eigenvalue weighted by atomic mass is 35.5. The van der Waals surface area contributed by atoms with E-state index in [9.17, 15) is 4.79 Å². The van der Waals surface area contributed by atoms with E-state index in [4.69, 9.17) is 20.8 Å². The quantitative estimate of drug-likeness (QED) is 0.713. The summed E-state index contributed by atoms with van der Waals surface area (Å²) in [7, 11) is 0. The second kappa shape index (κ2) is 5.87. The van der Waals surface area contributed by atoms with Crippen LogP contribution in [0.15, 0.2) is 52.9 Å². The standard InChI is InChI=1S/C19H16ClNO3/c1-12-5-4-6-13-9-17(24-18(12)13)19(22)21-10-14(11-21)23-16-8-3-2-7-15(16)20/h2-9,14H,10-11H2,1H3. The Kier molecular flexibility index (Phi) is 3.69. The molecule has 24 heavy (non-hydrogen) atoms. The highest BCUT2D eigenvalue weighted by Crippen LogP contribution is 2.28. The van der Waals surface area contributed by atoms with Crippen LogP contribution in [0.1, 0.15) is 16.1 Å². The lowest BCUT2D eigenvalue weighted by Crippen LogP contribution is -2.56. The lowest BCUT2D eigenvalue weighted by atomic mass is 10.1. The fourth-order valence-corrected chi connectivity index (χ4v) is 3.05. The fraction of sp³-hybridized carbons (Fsp3) is 0.211. The number of hydrogen-bond acceptors (Lipinski definition) is 3. The smallest absolute Gasteiger partial charge is 0.289 e. The van der Waals surface area contributed by atoms with Crippen molar-refractivity contribution in [3.8, 4) is 5.75 Å². The Morgan fingerprint density at radius 1 is 1.21 bits per heavy atom. The van der Waals surface area contributed by atoms with Crippen molar-refractivity contribution in [2.24, 2.45) is 0 Å². The van der Waals surface area contributed by atoms with E-state index < -0.39 is 0 Å². The van der Waals surface area contributed by atoms with Gasteiger partial charge in [0.05, 0.1) is 18.1 Å². The van der Waals surface area contributed by atoms with Crippen LogP contribution in [-0.4, -0.2) is 30.0 Å². The van der Waals surface area contributed by atoms with Gasteiger partial charge in [-0.3, -0.25) is 4.79 Å². The maximum absolute atomic E-state index is 12.5. The van der Waals surface area contributed by atoms with E-state index in [1.807, 2.05) is 43.3 Å². The van der Waals surface area contributed by atoms with Crippen LogP contribution in [0.2, 0.25) is 5.02 Å². The van der Waals surface area contributed by atoms with Crippen LogP contribution in [0.5, 0.6) is 5.75 Å². The zero-order valence-corrected chi connectivity index (χ0v) is 13.9. The highest BCUT2D eigenvalue weighted by Gasteiger charge is 2.34. The van der Waals surface area contributed by atoms with Gasteiger partial charge < -0.3 is 14.1 Å². The molecule has 4 rings (SSSR count). The number of halogens is 1. The first-order valence-corrected chi connectivity index (χ1v) is 8.19. The van der Waals surface area contributed by atoms with Gasteiger partial charge in [0.25, 0.3) is 5.91 Å². The van der Waals surface area contributed by atoms with E-state index in [-0.39, 0.29) is 12.0 Å². The van der Waals surface area contributed by atoms with Gasteiger partial charge >= 0.3 is 0 Å². The number of benzene rings is 2. The van der Waals surface area contributed by atoms with E-state index in [2.05, 4.69) is 0 Å². The number of fused-ring (bicyclic) bond motifs is 1. The van der Waals surface area contributed by atoms with Crippen LogP contribution in [-0.2, 0) is 0 Å². The van der Waals surface area contributed by atoms with Crippen molar-refractivity contribution in [2.45, 2.75) is 13.0 Å². The van der Waals surface area contributed by atoms with Crippen molar-refractivity contribution in [1.29, 1.82) is 0 Å². The Morgan fingerprint density at radius 3 is 2.75 bits per heavy atom. The van der Waals surface area contributed by atoms with Gasteiger partial charge in [0.1, 0.15) is 17.4 Å². The minimum Gasteiger partial charge on any atom is -0.485 e. The maximum Gasteiger partial charge on any atom is 0.289 e. The van der Waals surface area contributed by atoms with Crippen molar-refractivity contribution in [3.05, 3.63) is 64.9 Å². The summed E-state index contributed by atoms with van der Waals surface area (Å²) >= 11 is 6.08. The Bertz CT molecular complexity index is 912. The van der Waals surface area contributed by atoms with Gasteiger partial charge in [0, 0.05) is 5.39 Å². The predicted molar refractivity (Wildman–Crippen MR) is 92.7 cm³/mol. The molecule has 4 nitrogen and oxygen atoms in total. The molecule has 1 fully saturated rings. The highest BCUT2D eigenvalue weighted by molar-refractivity contribution is 6.32. The molecule has 1 saturated heterocycles. The van der Waals surface area contributed by atoms with Gasteiger partial charge in [0.15, 0.2) is 5.76 Å². The number of carbonyl (C=O) groups excluding carboxylic acids is 1. The first-order valence-electron chi connectivity index (χ1n) is 7.81. The van der Waals surface area contributed by atoms with Gasteiger partial charge in [-0.05, 0) is 30.7 Å². The zero-order chi connectivity index (χ0) is 16.7. The summed E-state index contributed by atoms with van der Waals surface area (Å²) in [6, 6.07) is 15.0. The van der Waals surface area contributed by atoms with Crippen LogP contribution >= 0.6 is 11.6 Å². The Hall–Kier alpha value is -2.46. The van der Waals surface area contributed by atoms with Crippen molar-refractivity contribution >= 4 is 28.5 Å². The number of carbonyl (C=O) groups is 1. The molecule has 0 atom stereocenters. The molecule has 3 aromatic rings. The monoisotopic (exact) mass is 341 g/mol. The average molecular weight is 342 g/mol. The number of furan rings is 1. The van der Waals surface area contributed by atoms with Crippen LogP contribution in [0, 0.1) is 6.92 Å². The molecule has 1 aliphatic heterocycles. The molecule has 1 aromatic heterocycles. The van der Waals surface area contributed by atoms with Gasteiger partial charge in [-0.15, -0.1) is 0 Å². The molecule has 5 heteroatoms. The molecule has 1 aliphatic rings. The molecule has 0 unspecified atom stereocenters. The van der Waals surface area contributed by atoms with Gasteiger partial charge in [-0.1, -0.05) is 41.9 Å². The number of hydrogen-bond donors (Lipinski definition) is 0. The predicted octanol–water partition coefficient (Wildman–Crippen LogP) is 4.30. The molecule has 122 valence electrons. The minimum absolute atomic E-state index is 0.0417. The second-order valence-electron chi connectivity index (χ2n) is 5.98. The first kappa shape index (κ1) is 15.1. The third-order valence-corrected chi connectivity index (χ3v) is 4.53. The Balaban J connectivity index is 1.43. The molecule has 0 spiro atoms. The molecular formula is C19H16ClNO3. The maximum atomic E-state index is 12.5.